The van der Waals surface area contributed by atoms with Crippen molar-refractivity contribution in [2.75, 3.05) is 44.7 Å². The second-order valence-corrected chi connectivity index (χ2v) is 7.90. The molecule has 0 fully saturated rings. The first-order valence-corrected chi connectivity index (χ1v) is 10.8. The lowest BCUT2D eigenvalue weighted by molar-refractivity contribution is -0.145. The fraction of sp³-hybridized carbons (Fsp3) is 0.417. The van der Waals surface area contributed by atoms with Gasteiger partial charge in [-0.1, -0.05) is 48.9 Å². The minimum Gasteiger partial charge on any atom is -0.353 e. The summed E-state index contributed by atoms with van der Waals surface area (Å²) >= 11 is 0. The summed E-state index contributed by atoms with van der Waals surface area (Å²) in [6.45, 7) is 7.90. The molecule has 1 aliphatic heterocycles. The second kappa shape index (κ2) is 10.9. The summed E-state index contributed by atoms with van der Waals surface area (Å²) in [5.41, 5.74) is 4.49. The number of hydrogen-bond donors (Lipinski definition) is 2. The smallest absolute Gasteiger partial charge is 0.256 e. The highest BCUT2D eigenvalue weighted by Gasteiger charge is 2.26. The first-order chi connectivity index (χ1) is 15.0. The van der Waals surface area contributed by atoms with Gasteiger partial charge in [0.05, 0.1) is 13.1 Å². The van der Waals surface area contributed by atoms with Gasteiger partial charge in [0, 0.05) is 38.9 Å². The number of likely N-dealkylation sites (N-methyl/N-ethyl adjacent to an activating group) is 2. The van der Waals surface area contributed by atoms with E-state index >= 15 is 0 Å². The number of rotatable bonds is 10. The molecule has 2 N–H and O–H groups in total. The molecular weight excluding hydrogens is 390 g/mol. The van der Waals surface area contributed by atoms with E-state index in [-0.39, 0.29) is 24.9 Å². The third kappa shape index (κ3) is 6.29. The molecule has 0 bridgehead atoms. The van der Waals surface area contributed by atoms with Crippen LogP contribution in [0.25, 0.3) is 0 Å². The van der Waals surface area contributed by atoms with Crippen LogP contribution in [0.5, 0.6) is 0 Å². The number of hydrazine groups is 1. The van der Waals surface area contributed by atoms with Crippen molar-refractivity contribution in [1.29, 1.82) is 0 Å². The van der Waals surface area contributed by atoms with Crippen molar-refractivity contribution in [2.45, 2.75) is 26.9 Å². The summed E-state index contributed by atoms with van der Waals surface area (Å²) in [6.07, 6.45) is 0. The van der Waals surface area contributed by atoms with Crippen LogP contribution in [-0.2, 0) is 22.7 Å². The van der Waals surface area contributed by atoms with Crippen LogP contribution in [0.4, 0.5) is 5.69 Å². The Kier molecular flexibility index (Phi) is 8.03. The van der Waals surface area contributed by atoms with Crippen LogP contribution in [0.2, 0.25) is 0 Å². The highest BCUT2D eigenvalue weighted by molar-refractivity contribution is 5.86. The zero-order valence-corrected chi connectivity index (χ0v) is 18.7. The lowest BCUT2D eigenvalue weighted by Crippen LogP contribution is -2.48. The van der Waals surface area contributed by atoms with Crippen molar-refractivity contribution in [3.63, 3.8) is 0 Å². The molecule has 0 saturated carbocycles. The van der Waals surface area contributed by atoms with Crippen molar-refractivity contribution in [3.05, 3.63) is 65.2 Å². The number of benzene rings is 2. The molecule has 3 rings (SSSR count). The summed E-state index contributed by atoms with van der Waals surface area (Å²) < 4.78 is 0. The Morgan fingerprint density at radius 3 is 2.23 bits per heavy atom. The molecule has 2 aromatic carbocycles. The molecular formula is C24H33N5O2. The van der Waals surface area contributed by atoms with E-state index in [0.29, 0.717) is 19.6 Å². The number of carbonyl (C=O) groups is 2. The number of fused-ring (bicyclic) bond motifs is 1. The largest absolute Gasteiger partial charge is 0.353 e. The maximum Gasteiger partial charge on any atom is 0.256 e. The molecule has 166 valence electrons. The van der Waals surface area contributed by atoms with E-state index in [4.69, 9.17) is 0 Å². The Labute approximate surface area is 185 Å². The molecule has 0 saturated heterocycles. The Balaban J connectivity index is 1.64. The minimum atomic E-state index is -0.0949. The van der Waals surface area contributed by atoms with Gasteiger partial charge in [0.25, 0.3) is 5.91 Å². The van der Waals surface area contributed by atoms with Crippen LogP contribution < -0.4 is 15.5 Å². The van der Waals surface area contributed by atoms with E-state index in [1.807, 2.05) is 60.2 Å². The number of nitrogens with zero attached hydrogens (tertiary/aromatic N) is 3. The third-order valence-electron chi connectivity index (χ3n) is 5.54. The van der Waals surface area contributed by atoms with Crippen LogP contribution in [0, 0.1) is 6.92 Å². The molecule has 2 aromatic rings. The molecule has 0 atom stereocenters. The van der Waals surface area contributed by atoms with Gasteiger partial charge in [-0.05, 0) is 36.7 Å². The zero-order chi connectivity index (χ0) is 22.2. The summed E-state index contributed by atoms with van der Waals surface area (Å²) in [6, 6.07) is 16.2. The van der Waals surface area contributed by atoms with E-state index in [1.54, 1.807) is 12.1 Å². The van der Waals surface area contributed by atoms with E-state index < -0.39 is 0 Å². The Morgan fingerprint density at radius 2 is 1.61 bits per heavy atom. The molecule has 0 aliphatic carbocycles. The number of carbonyl (C=O) groups excluding carboxylic acids is 2. The van der Waals surface area contributed by atoms with Crippen LogP contribution >= 0.6 is 0 Å². The van der Waals surface area contributed by atoms with E-state index in [2.05, 4.69) is 22.8 Å². The highest BCUT2D eigenvalue weighted by atomic mass is 16.2. The van der Waals surface area contributed by atoms with Crippen molar-refractivity contribution in [3.8, 4) is 0 Å². The lowest BCUT2D eigenvalue weighted by atomic mass is 10.1. The first kappa shape index (κ1) is 22.8. The number of amides is 2. The first-order valence-electron chi connectivity index (χ1n) is 10.8. The fourth-order valence-electron chi connectivity index (χ4n) is 3.64. The minimum absolute atomic E-state index is 0.0474. The molecule has 0 aromatic heterocycles. The standard InChI is InChI=1S/C24H33N5O2/c1-4-25-13-14-26-23(30)17-28(22-11-9-19(2)10-12-22)18-24(31)27(3)29-15-20-7-5-6-8-21(20)16-29/h5-12,25H,4,13-18H2,1-3H3,(H,26,30). The Bertz CT molecular complexity index is 859. The number of hydrogen-bond acceptors (Lipinski definition) is 5. The summed E-state index contributed by atoms with van der Waals surface area (Å²) in [5.74, 6) is -0.142. The average molecular weight is 424 g/mol. The Hall–Kier alpha value is -2.90. The number of anilines is 1. The number of aryl methyl sites for hydroxylation is 1. The maximum atomic E-state index is 13.1. The van der Waals surface area contributed by atoms with Gasteiger partial charge in [-0.2, -0.15) is 0 Å². The topological polar surface area (TPSA) is 67.9 Å². The van der Waals surface area contributed by atoms with Gasteiger partial charge in [-0.15, -0.1) is 0 Å². The predicted octanol–water partition coefficient (Wildman–Crippen LogP) is 1.92. The summed E-state index contributed by atoms with van der Waals surface area (Å²) in [5, 5.41) is 9.83. The SMILES string of the molecule is CCNCCNC(=O)CN(CC(=O)N(C)N1Cc2ccccc2C1)c1ccc(C)cc1. The van der Waals surface area contributed by atoms with Gasteiger partial charge in [-0.3, -0.25) is 14.6 Å². The fourth-order valence-corrected chi connectivity index (χ4v) is 3.64. The monoisotopic (exact) mass is 423 g/mol. The van der Waals surface area contributed by atoms with Gasteiger partial charge in [0.1, 0.15) is 0 Å². The summed E-state index contributed by atoms with van der Waals surface area (Å²) in [7, 11) is 1.80. The molecule has 0 spiro atoms. The predicted molar refractivity (Wildman–Crippen MR) is 123 cm³/mol. The molecule has 1 aliphatic rings. The molecule has 0 unspecified atom stereocenters. The van der Waals surface area contributed by atoms with Crippen molar-refractivity contribution >= 4 is 17.5 Å². The van der Waals surface area contributed by atoms with Crippen molar-refractivity contribution in [2.24, 2.45) is 0 Å². The molecule has 31 heavy (non-hydrogen) atoms. The van der Waals surface area contributed by atoms with Gasteiger partial charge >= 0.3 is 0 Å². The van der Waals surface area contributed by atoms with Crippen LogP contribution in [0.1, 0.15) is 23.6 Å². The normalized spacial score (nSPS) is 13.0. The average Bonchev–Trinajstić information content (AvgIpc) is 3.20. The Morgan fingerprint density at radius 1 is 0.968 bits per heavy atom. The van der Waals surface area contributed by atoms with Crippen molar-refractivity contribution in [1.82, 2.24) is 20.7 Å². The van der Waals surface area contributed by atoms with Crippen LogP contribution in [0.3, 0.4) is 0 Å². The van der Waals surface area contributed by atoms with E-state index in [1.165, 1.54) is 11.1 Å². The quantitative estimate of drug-likeness (QED) is 0.572. The van der Waals surface area contributed by atoms with Gasteiger partial charge in [0.2, 0.25) is 5.91 Å². The lowest BCUT2D eigenvalue weighted by Gasteiger charge is -2.31. The molecule has 2 amide bonds. The van der Waals surface area contributed by atoms with Crippen LogP contribution in [-0.4, -0.2) is 61.6 Å². The van der Waals surface area contributed by atoms with Crippen molar-refractivity contribution < 1.29 is 9.59 Å². The van der Waals surface area contributed by atoms with Gasteiger partial charge < -0.3 is 15.5 Å². The van der Waals surface area contributed by atoms with E-state index in [9.17, 15) is 9.59 Å². The second-order valence-electron chi connectivity index (χ2n) is 7.90. The third-order valence-corrected chi connectivity index (χ3v) is 5.54. The zero-order valence-electron chi connectivity index (χ0n) is 18.7. The van der Waals surface area contributed by atoms with E-state index in [0.717, 1.165) is 24.3 Å². The molecule has 0 radical (unpaired) electrons. The maximum absolute atomic E-state index is 13.1. The van der Waals surface area contributed by atoms with Gasteiger partial charge in [0.15, 0.2) is 0 Å². The number of nitrogens with one attached hydrogen (secondary N) is 2. The van der Waals surface area contributed by atoms with Crippen LogP contribution in [0.15, 0.2) is 48.5 Å². The molecule has 7 heteroatoms. The molecule has 7 nitrogen and oxygen atoms in total. The summed E-state index contributed by atoms with van der Waals surface area (Å²) in [4.78, 5) is 27.4. The van der Waals surface area contributed by atoms with Gasteiger partial charge in [-0.25, -0.2) is 5.01 Å². The molecule has 1 heterocycles. The highest BCUT2D eigenvalue weighted by Crippen LogP contribution is 2.23.